The van der Waals surface area contributed by atoms with Crippen LogP contribution < -0.4 is 0 Å². The molecule has 0 saturated heterocycles. The van der Waals surface area contributed by atoms with Crippen molar-refractivity contribution in [2.75, 3.05) is 0 Å². The van der Waals surface area contributed by atoms with Gasteiger partial charge < -0.3 is 4.84 Å². The Balaban J connectivity index is 3.00. The zero-order valence-electron chi connectivity index (χ0n) is 8.47. The van der Waals surface area contributed by atoms with E-state index in [0.29, 0.717) is 5.56 Å². The predicted octanol–water partition coefficient (Wildman–Crippen LogP) is 2.14. The van der Waals surface area contributed by atoms with E-state index in [9.17, 15) is 9.59 Å². The maximum Gasteiger partial charge on any atom is 0.366 e. The van der Waals surface area contributed by atoms with Crippen LogP contribution in [0.4, 0.5) is 0 Å². The van der Waals surface area contributed by atoms with Gasteiger partial charge in [0.25, 0.3) is 6.08 Å². The summed E-state index contributed by atoms with van der Waals surface area (Å²) in [6.45, 7) is 7.19. The Labute approximate surface area is 92.5 Å². The number of carbonyl (C=O) groups excluding carboxylic acids is 2. The van der Waals surface area contributed by atoms with E-state index in [0.717, 1.165) is 11.6 Å². The van der Waals surface area contributed by atoms with E-state index in [-0.39, 0.29) is 5.57 Å². The van der Waals surface area contributed by atoms with Crippen LogP contribution in [0.5, 0.6) is 0 Å². The summed E-state index contributed by atoms with van der Waals surface area (Å²) in [4.78, 5) is 25.4. The molecule has 0 atom stereocenters. The van der Waals surface area contributed by atoms with Crippen molar-refractivity contribution >= 4 is 23.7 Å². The first-order valence-corrected chi connectivity index (χ1v) is 4.40. The molecule has 4 heteroatoms. The Morgan fingerprint density at radius 2 is 2.12 bits per heavy atom. The van der Waals surface area contributed by atoms with E-state index in [1.54, 1.807) is 24.3 Å². The lowest BCUT2D eigenvalue weighted by Gasteiger charge is -2.05. The van der Waals surface area contributed by atoms with Gasteiger partial charge >= 0.3 is 5.97 Å². The first-order valence-electron chi connectivity index (χ1n) is 4.40. The van der Waals surface area contributed by atoms with Crippen LogP contribution in [0.1, 0.15) is 11.1 Å². The zero-order chi connectivity index (χ0) is 12.0. The first-order chi connectivity index (χ1) is 7.70. The second-order valence-corrected chi connectivity index (χ2v) is 2.83. The van der Waals surface area contributed by atoms with Gasteiger partial charge in [0.2, 0.25) is 0 Å². The maximum absolute atomic E-state index is 11.3. The molecule has 0 radical (unpaired) electrons. The molecule has 1 aromatic rings. The van der Waals surface area contributed by atoms with Gasteiger partial charge in [-0.25, -0.2) is 9.59 Å². The molecule has 0 spiro atoms. The standard InChI is InChI=1S/C12H9NO3/c1-3-10-6-4-5-7-11(10)9(2)12(15)16-13-8-14/h3-7H,1-2H2. The Morgan fingerprint density at radius 1 is 1.44 bits per heavy atom. The van der Waals surface area contributed by atoms with E-state index in [1.165, 1.54) is 0 Å². The van der Waals surface area contributed by atoms with Gasteiger partial charge in [0, 0.05) is 5.16 Å². The molecular formula is C12H9NO3. The van der Waals surface area contributed by atoms with Crippen molar-refractivity contribution in [2.45, 2.75) is 0 Å². The number of benzene rings is 1. The van der Waals surface area contributed by atoms with E-state index in [1.807, 2.05) is 6.07 Å². The largest absolute Gasteiger partial charge is 0.366 e. The summed E-state index contributed by atoms with van der Waals surface area (Å²) >= 11 is 0. The minimum absolute atomic E-state index is 0.106. The Kier molecular flexibility index (Phi) is 3.95. The molecule has 1 aromatic carbocycles. The Hall–Kier alpha value is -2.45. The highest BCUT2D eigenvalue weighted by molar-refractivity contribution is 6.16. The average molecular weight is 215 g/mol. The fourth-order valence-electron chi connectivity index (χ4n) is 1.17. The second kappa shape index (κ2) is 5.44. The highest BCUT2D eigenvalue weighted by Gasteiger charge is 2.13. The van der Waals surface area contributed by atoms with Gasteiger partial charge in [-0.1, -0.05) is 43.5 Å². The molecule has 0 saturated carbocycles. The summed E-state index contributed by atoms with van der Waals surface area (Å²) in [5.74, 6) is -0.794. The summed E-state index contributed by atoms with van der Waals surface area (Å²) in [6.07, 6.45) is 2.70. The molecule has 1 rings (SSSR count). The summed E-state index contributed by atoms with van der Waals surface area (Å²) in [5, 5.41) is 2.73. The fraction of sp³-hybridized carbons (Fsp3) is 0. The van der Waals surface area contributed by atoms with Crippen LogP contribution in [0.2, 0.25) is 0 Å². The van der Waals surface area contributed by atoms with Crippen LogP contribution in [-0.4, -0.2) is 12.0 Å². The summed E-state index contributed by atoms with van der Waals surface area (Å²) in [5.41, 5.74) is 1.44. The monoisotopic (exact) mass is 215 g/mol. The van der Waals surface area contributed by atoms with Crippen molar-refractivity contribution in [3.8, 4) is 0 Å². The van der Waals surface area contributed by atoms with Crippen LogP contribution in [0.15, 0.2) is 42.6 Å². The van der Waals surface area contributed by atoms with Crippen molar-refractivity contribution in [1.29, 1.82) is 0 Å². The first kappa shape index (κ1) is 11.6. The lowest BCUT2D eigenvalue weighted by molar-refractivity contribution is -0.136. The molecule has 0 unspecified atom stereocenters. The van der Waals surface area contributed by atoms with E-state index >= 15 is 0 Å². The van der Waals surface area contributed by atoms with Crippen molar-refractivity contribution in [2.24, 2.45) is 5.16 Å². The second-order valence-electron chi connectivity index (χ2n) is 2.83. The van der Waals surface area contributed by atoms with Gasteiger partial charge in [-0.2, -0.15) is 0 Å². The van der Waals surface area contributed by atoms with Crippen molar-refractivity contribution in [3.63, 3.8) is 0 Å². The fourth-order valence-corrected chi connectivity index (χ4v) is 1.17. The topological polar surface area (TPSA) is 55.7 Å². The van der Waals surface area contributed by atoms with Crippen LogP contribution in [0.25, 0.3) is 11.6 Å². The van der Waals surface area contributed by atoms with E-state index in [4.69, 9.17) is 0 Å². The lowest BCUT2D eigenvalue weighted by Crippen LogP contribution is -2.03. The van der Waals surface area contributed by atoms with Gasteiger partial charge in [-0.3, -0.25) is 0 Å². The van der Waals surface area contributed by atoms with Gasteiger partial charge in [-0.05, 0) is 11.1 Å². The molecule has 0 fully saturated rings. The Morgan fingerprint density at radius 3 is 2.75 bits per heavy atom. The molecule has 0 N–H and O–H groups in total. The SMILES string of the molecule is C=Cc1ccccc1C(=C)C(=O)ON=C=O. The quantitative estimate of drug-likeness (QED) is 0.254. The average Bonchev–Trinajstić information content (AvgIpc) is 2.34. The van der Waals surface area contributed by atoms with Crippen molar-refractivity contribution < 1.29 is 14.4 Å². The number of carbonyl (C=O) groups is 1. The lowest BCUT2D eigenvalue weighted by atomic mass is 10.0. The molecule has 0 aromatic heterocycles. The maximum atomic E-state index is 11.3. The molecule has 0 aliphatic carbocycles. The van der Waals surface area contributed by atoms with Gasteiger partial charge in [0.1, 0.15) is 0 Å². The molecule has 4 nitrogen and oxygen atoms in total. The van der Waals surface area contributed by atoms with Crippen molar-refractivity contribution in [3.05, 3.63) is 48.6 Å². The summed E-state index contributed by atoms with van der Waals surface area (Å²) < 4.78 is 0. The smallest absolute Gasteiger partial charge is 0.301 e. The third kappa shape index (κ3) is 2.53. The van der Waals surface area contributed by atoms with Crippen LogP contribution in [0, 0.1) is 0 Å². The van der Waals surface area contributed by atoms with Gasteiger partial charge in [0.15, 0.2) is 0 Å². The summed E-state index contributed by atoms with van der Waals surface area (Å²) in [6, 6.07) is 7.04. The molecule has 16 heavy (non-hydrogen) atoms. The van der Waals surface area contributed by atoms with Crippen molar-refractivity contribution in [1.82, 2.24) is 0 Å². The third-order valence-corrected chi connectivity index (χ3v) is 1.92. The molecule has 0 bridgehead atoms. The van der Waals surface area contributed by atoms with Gasteiger partial charge in [-0.15, -0.1) is 0 Å². The minimum atomic E-state index is -0.794. The summed E-state index contributed by atoms with van der Waals surface area (Å²) in [7, 11) is 0. The molecule has 0 amide bonds. The van der Waals surface area contributed by atoms with Crippen LogP contribution in [0.3, 0.4) is 0 Å². The normalized spacial score (nSPS) is 8.75. The van der Waals surface area contributed by atoms with Crippen LogP contribution >= 0.6 is 0 Å². The van der Waals surface area contributed by atoms with E-state index < -0.39 is 5.97 Å². The predicted molar refractivity (Wildman–Crippen MR) is 59.8 cm³/mol. The molecular weight excluding hydrogens is 206 g/mol. The minimum Gasteiger partial charge on any atom is -0.301 e. The molecule has 0 aliphatic heterocycles. The highest BCUT2D eigenvalue weighted by Crippen LogP contribution is 2.19. The molecule has 0 heterocycles. The molecule has 80 valence electrons. The number of nitrogens with zero attached hydrogens (tertiary/aromatic N) is 1. The van der Waals surface area contributed by atoms with Crippen LogP contribution in [-0.2, 0) is 14.4 Å². The highest BCUT2D eigenvalue weighted by atomic mass is 16.7. The number of isocyanates is 1. The third-order valence-electron chi connectivity index (χ3n) is 1.92. The molecule has 0 aliphatic rings. The number of hydrogen-bond donors (Lipinski definition) is 0. The Bertz CT molecular complexity index is 485. The zero-order valence-corrected chi connectivity index (χ0v) is 8.47. The van der Waals surface area contributed by atoms with E-state index in [2.05, 4.69) is 23.2 Å². The number of hydrogen-bond acceptors (Lipinski definition) is 4. The number of rotatable bonds is 4. The van der Waals surface area contributed by atoms with Gasteiger partial charge in [0.05, 0.1) is 5.57 Å².